The van der Waals surface area contributed by atoms with Gasteiger partial charge in [0.05, 0.1) is 159 Å². The van der Waals surface area contributed by atoms with Gasteiger partial charge in [0, 0.05) is 0 Å². The van der Waals surface area contributed by atoms with Crippen LogP contribution in [-0.2, 0) is 72.8 Å². The van der Waals surface area contributed by atoms with E-state index >= 15 is 0 Å². The molecule has 15 nitrogen and oxygen atoms in total. The lowest BCUT2D eigenvalue weighted by atomic mass is 10.0. The van der Waals surface area contributed by atoms with Crippen LogP contribution < -0.4 is 4.74 Å². The van der Waals surface area contributed by atoms with Crippen LogP contribution in [0.4, 0.5) is 0 Å². The number of methoxy groups -OCH3 is 1. The van der Waals surface area contributed by atoms with Gasteiger partial charge in [0.25, 0.3) is 0 Å². The Bertz CT molecular complexity index is 925. The molecule has 1 rings (SSSR count). The van der Waals surface area contributed by atoms with Gasteiger partial charge in [-0.3, -0.25) is 0 Å². The molecule has 0 N–H and O–H groups in total. The topological polar surface area (TPSA) is 146 Å². The molecule has 0 atom stereocenters. The zero-order chi connectivity index (χ0) is 40.1. The quantitative estimate of drug-likeness (QED) is 0.0680. The van der Waals surface area contributed by atoms with Crippen molar-refractivity contribution in [3.05, 3.63) is 29.8 Å². The fourth-order valence-electron chi connectivity index (χ4n) is 4.71. The smallest absolute Gasteiger partial charge is 0.331 e. The van der Waals surface area contributed by atoms with Gasteiger partial charge in [-0.1, -0.05) is 51.2 Å². The van der Waals surface area contributed by atoms with Crippen LogP contribution in [0.5, 0.6) is 5.75 Å². The van der Waals surface area contributed by atoms with Crippen molar-refractivity contribution >= 4 is 5.97 Å². The number of esters is 1. The minimum absolute atomic E-state index is 0.0719. The SMILES string of the molecule is CCCCCCCCc1ccc(OCCOCCOCCOCCOCCOCCOCCOCCOCCOCCOCCOCCOCC(=O)OC)cc1. The van der Waals surface area contributed by atoms with E-state index in [9.17, 15) is 4.79 Å². The number of rotatable bonds is 46. The molecule has 0 heterocycles. The van der Waals surface area contributed by atoms with Crippen molar-refractivity contribution in [1.82, 2.24) is 0 Å². The summed E-state index contributed by atoms with van der Waals surface area (Å²) in [6.07, 6.45) is 9.06. The molecule has 0 aliphatic rings. The largest absolute Gasteiger partial charge is 0.491 e. The molecule has 0 aliphatic carbocycles. The van der Waals surface area contributed by atoms with Gasteiger partial charge in [-0.15, -0.1) is 0 Å². The lowest BCUT2D eigenvalue weighted by molar-refractivity contribution is -0.146. The van der Waals surface area contributed by atoms with E-state index in [0.717, 1.165) is 12.2 Å². The van der Waals surface area contributed by atoms with Crippen LogP contribution in [0.15, 0.2) is 24.3 Å². The summed E-state index contributed by atoms with van der Waals surface area (Å²) in [5, 5.41) is 0. The van der Waals surface area contributed by atoms with Gasteiger partial charge >= 0.3 is 5.97 Å². The highest BCUT2D eigenvalue weighted by Crippen LogP contribution is 2.15. The molecule has 0 bridgehead atoms. The molecule has 0 spiro atoms. The van der Waals surface area contributed by atoms with E-state index in [1.807, 2.05) is 12.1 Å². The van der Waals surface area contributed by atoms with Crippen LogP contribution in [0.3, 0.4) is 0 Å². The summed E-state index contributed by atoms with van der Waals surface area (Å²) >= 11 is 0. The van der Waals surface area contributed by atoms with Crippen LogP contribution in [0.2, 0.25) is 0 Å². The number of benzene rings is 1. The number of aryl methyl sites for hydroxylation is 1. The highest BCUT2D eigenvalue weighted by molar-refractivity contribution is 5.70. The second kappa shape index (κ2) is 44.1. The Morgan fingerprint density at radius 2 is 0.696 bits per heavy atom. The molecule has 0 amide bonds. The maximum absolute atomic E-state index is 10.9. The zero-order valence-electron chi connectivity index (χ0n) is 34.6. The Kier molecular flexibility index (Phi) is 41.0. The van der Waals surface area contributed by atoms with Crippen molar-refractivity contribution in [1.29, 1.82) is 0 Å². The monoisotopic (exact) mass is 807 g/mol. The van der Waals surface area contributed by atoms with Crippen molar-refractivity contribution in [2.75, 3.05) is 172 Å². The predicted molar refractivity (Wildman–Crippen MR) is 211 cm³/mol. The third-order valence-electron chi connectivity index (χ3n) is 7.78. The third-order valence-corrected chi connectivity index (χ3v) is 7.78. The molecule has 1 aromatic carbocycles. The molecule has 0 aliphatic heterocycles. The molecule has 0 fully saturated rings. The second-order valence-corrected chi connectivity index (χ2v) is 12.4. The normalized spacial score (nSPS) is 11.4. The van der Waals surface area contributed by atoms with Crippen LogP contribution >= 0.6 is 0 Å². The molecule has 0 aromatic heterocycles. The highest BCUT2D eigenvalue weighted by Gasteiger charge is 2.01. The number of hydrogen-bond acceptors (Lipinski definition) is 15. The summed E-state index contributed by atoms with van der Waals surface area (Å²) < 4.78 is 75.7. The van der Waals surface area contributed by atoms with E-state index in [-0.39, 0.29) is 6.61 Å². The second-order valence-electron chi connectivity index (χ2n) is 12.4. The number of carbonyl (C=O) groups is 1. The minimum atomic E-state index is -0.408. The molecule has 1 aromatic rings. The summed E-state index contributed by atoms with van der Waals surface area (Å²) in [5.74, 6) is 0.473. The van der Waals surface area contributed by atoms with Crippen molar-refractivity contribution in [3.63, 3.8) is 0 Å². The van der Waals surface area contributed by atoms with Gasteiger partial charge in [-0.2, -0.15) is 0 Å². The summed E-state index contributed by atoms with van der Waals surface area (Å²) in [6.45, 7) is 13.8. The molecule has 0 saturated heterocycles. The van der Waals surface area contributed by atoms with Gasteiger partial charge in [-0.25, -0.2) is 4.79 Å². The Morgan fingerprint density at radius 3 is 1.04 bits per heavy atom. The maximum Gasteiger partial charge on any atom is 0.331 e. The van der Waals surface area contributed by atoms with Crippen molar-refractivity contribution < 1.29 is 71.1 Å². The lowest BCUT2D eigenvalue weighted by Gasteiger charge is -2.09. The number of carbonyl (C=O) groups excluding carboxylic acids is 1. The summed E-state index contributed by atoms with van der Waals surface area (Å²) in [4.78, 5) is 10.9. The molecular formula is C41H74O15. The molecule has 328 valence electrons. The van der Waals surface area contributed by atoms with Crippen molar-refractivity contribution in [2.45, 2.75) is 51.9 Å². The molecular weight excluding hydrogens is 732 g/mol. The Hall–Kier alpha value is -1.99. The number of hydrogen-bond donors (Lipinski definition) is 0. The van der Waals surface area contributed by atoms with Gasteiger partial charge < -0.3 is 66.3 Å². The van der Waals surface area contributed by atoms with Gasteiger partial charge in [0.1, 0.15) is 19.0 Å². The Morgan fingerprint density at radius 1 is 0.393 bits per heavy atom. The first kappa shape index (κ1) is 52.0. The third kappa shape index (κ3) is 38.9. The van der Waals surface area contributed by atoms with E-state index in [1.54, 1.807) is 0 Å². The van der Waals surface area contributed by atoms with Crippen LogP contribution in [0, 0.1) is 0 Å². The van der Waals surface area contributed by atoms with E-state index in [0.29, 0.717) is 159 Å². The maximum atomic E-state index is 10.9. The van der Waals surface area contributed by atoms with Crippen LogP contribution in [0.1, 0.15) is 51.0 Å². The predicted octanol–water partition coefficient (Wildman–Crippen LogP) is 4.34. The van der Waals surface area contributed by atoms with Gasteiger partial charge in [-0.05, 0) is 30.5 Å². The molecule has 0 radical (unpaired) electrons. The summed E-state index contributed by atoms with van der Waals surface area (Å²) in [6, 6.07) is 8.42. The zero-order valence-corrected chi connectivity index (χ0v) is 34.6. The van der Waals surface area contributed by atoms with E-state index in [4.69, 9.17) is 61.6 Å². The standard InChI is InChI=1S/C41H74O15/c1-3-4-5-6-7-8-9-39-10-12-40(13-11-39)56-37-36-54-33-32-52-29-28-50-25-24-48-21-20-46-17-16-44-14-15-45-18-19-47-22-23-49-26-27-51-30-31-53-34-35-55-38-41(42)43-2/h10-13H,3-9,14-38H2,1-2H3. The molecule has 0 saturated carbocycles. The average molecular weight is 807 g/mol. The fraction of sp³-hybridized carbons (Fsp3) is 0.829. The number of ether oxygens (including phenoxy) is 14. The molecule has 56 heavy (non-hydrogen) atoms. The minimum Gasteiger partial charge on any atom is -0.491 e. The Balaban J connectivity index is 1.66. The van der Waals surface area contributed by atoms with Gasteiger partial charge in [0.15, 0.2) is 0 Å². The van der Waals surface area contributed by atoms with Crippen LogP contribution in [0.25, 0.3) is 0 Å². The highest BCUT2D eigenvalue weighted by atomic mass is 16.6. The molecule has 15 heteroatoms. The van der Waals surface area contributed by atoms with Gasteiger partial charge in [0.2, 0.25) is 0 Å². The van der Waals surface area contributed by atoms with E-state index in [2.05, 4.69) is 23.8 Å². The summed E-state index contributed by atoms with van der Waals surface area (Å²) in [5.41, 5.74) is 1.37. The summed E-state index contributed by atoms with van der Waals surface area (Å²) in [7, 11) is 1.32. The van der Waals surface area contributed by atoms with Crippen LogP contribution in [-0.4, -0.2) is 178 Å². The van der Waals surface area contributed by atoms with Crippen molar-refractivity contribution in [2.24, 2.45) is 0 Å². The first-order chi connectivity index (χ1) is 27.8. The lowest BCUT2D eigenvalue weighted by Crippen LogP contribution is -2.16. The van der Waals surface area contributed by atoms with Crippen molar-refractivity contribution in [3.8, 4) is 5.75 Å². The fourth-order valence-corrected chi connectivity index (χ4v) is 4.71. The first-order valence-electron chi connectivity index (χ1n) is 20.5. The molecule has 0 unspecified atom stereocenters. The number of unbranched alkanes of at least 4 members (excludes halogenated alkanes) is 5. The first-order valence-corrected chi connectivity index (χ1v) is 20.5. The van der Waals surface area contributed by atoms with E-state index < -0.39 is 5.97 Å². The average Bonchev–Trinajstić information content (AvgIpc) is 3.22. The Labute approximate surface area is 336 Å². The van der Waals surface area contributed by atoms with E-state index in [1.165, 1.54) is 51.2 Å².